The van der Waals surface area contributed by atoms with Gasteiger partial charge in [0, 0.05) is 0 Å². The van der Waals surface area contributed by atoms with Gasteiger partial charge in [-0.2, -0.15) is 0 Å². The first kappa shape index (κ1) is 12.5. The van der Waals surface area contributed by atoms with E-state index in [1.165, 1.54) is 0 Å². The maximum absolute atomic E-state index is 10.9. The number of rotatable bonds is 6. The van der Waals surface area contributed by atoms with E-state index in [1.54, 1.807) is 0 Å². The van der Waals surface area contributed by atoms with Crippen molar-refractivity contribution in [2.24, 2.45) is 5.73 Å². The Morgan fingerprint density at radius 1 is 1.62 bits per heavy atom. The number of carbonyl (C=O) groups is 1. The average Bonchev–Trinajstić information content (AvgIpc) is 2.00. The fourth-order valence-electron chi connectivity index (χ4n) is 0.580. The maximum Gasteiger partial charge on any atom is 0.330 e. The van der Waals surface area contributed by atoms with Crippen LogP contribution < -0.4 is 5.73 Å². The zero-order chi connectivity index (χ0) is 10.5. The molecule has 78 valence electrons. The predicted octanol–water partition coefficient (Wildman–Crippen LogP) is -1.06. The number of hydrogen-bond donors (Lipinski definition) is 4. The van der Waals surface area contributed by atoms with E-state index in [9.17, 15) is 9.36 Å². The minimum Gasteiger partial charge on any atom is -0.480 e. The molecule has 0 aliphatic rings. The van der Waals surface area contributed by atoms with Gasteiger partial charge in [-0.3, -0.25) is 13.9 Å². The largest absolute Gasteiger partial charge is 0.480 e. The topological polar surface area (TPSA) is 130 Å². The molecule has 0 aliphatic carbocycles. The first-order chi connectivity index (χ1) is 5.89. The van der Waals surface area contributed by atoms with Crippen LogP contribution in [0.2, 0.25) is 0 Å². The van der Waals surface area contributed by atoms with E-state index in [1.807, 2.05) is 0 Å². The third-order valence-electron chi connectivity index (χ3n) is 1.30. The lowest BCUT2D eigenvalue weighted by Gasteiger charge is -2.11. The number of aliphatic carboxylic acids is 1. The van der Waals surface area contributed by atoms with Gasteiger partial charge < -0.3 is 20.8 Å². The van der Waals surface area contributed by atoms with E-state index >= 15 is 0 Å². The highest BCUT2D eigenvalue weighted by Crippen LogP contribution is 2.42. The van der Waals surface area contributed by atoms with Crippen molar-refractivity contribution < 1.29 is 29.0 Å². The van der Waals surface area contributed by atoms with Crippen LogP contribution in [0.1, 0.15) is 6.42 Å². The molecule has 0 spiro atoms. The van der Waals surface area contributed by atoms with E-state index in [0.29, 0.717) is 0 Å². The van der Waals surface area contributed by atoms with Gasteiger partial charge in [-0.25, -0.2) is 0 Å². The van der Waals surface area contributed by atoms with Crippen molar-refractivity contribution in [3.63, 3.8) is 0 Å². The van der Waals surface area contributed by atoms with Crippen molar-refractivity contribution in [3.8, 4) is 0 Å². The van der Waals surface area contributed by atoms with Crippen LogP contribution in [-0.4, -0.2) is 40.1 Å². The number of aliphatic hydroxyl groups is 1. The Balaban J connectivity index is 3.87. The number of hydrogen-bond acceptors (Lipinski definition) is 5. The van der Waals surface area contributed by atoms with E-state index in [-0.39, 0.29) is 12.6 Å². The molecule has 0 saturated heterocycles. The van der Waals surface area contributed by atoms with Crippen molar-refractivity contribution in [2.45, 2.75) is 12.5 Å². The summed E-state index contributed by atoms with van der Waals surface area (Å²) in [5.41, 5.74) is 5.07. The summed E-state index contributed by atoms with van der Waals surface area (Å²) >= 11 is 0. The first-order valence-corrected chi connectivity index (χ1v) is 5.21. The maximum atomic E-state index is 10.9. The predicted molar refractivity (Wildman–Crippen MR) is 43.1 cm³/mol. The lowest BCUT2D eigenvalue weighted by Crippen LogP contribution is -2.30. The standard InChI is InChI=1S/C5H12NO6P/c6-4(5(8)9)1-2-13(10,11)12-3-7/h4,7H,1-3,6H2,(H,8,9)(H,10,11)/t4-/m0/s1. The molecule has 0 radical (unpaired) electrons. The summed E-state index contributed by atoms with van der Waals surface area (Å²) in [6, 6.07) is -1.19. The molecule has 5 N–H and O–H groups in total. The second-order valence-electron chi connectivity index (χ2n) is 2.35. The highest BCUT2D eigenvalue weighted by Gasteiger charge is 2.22. The van der Waals surface area contributed by atoms with E-state index < -0.39 is 26.4 Å². The van der Waals surface area contributed by atoms with Crippen LogP contribution in [0.25, 0.3) is 0 Å². The normalized spacial score (nSPS) is 17.8. The molecule has 0 amide bonds. The van der Waals surface area contributed by atoms with Crippen LogP contribution in [0, 0.1) is 0 Å². The Kier molecular flexibility index (Phi) is 5.12. The van der Waals surface area contributed by atoms with Crippen LogP contribution in [0.15, 0.2) is 0 Å². The van der Waals surface area contributed by atoms with Gasteiger partial charge in [0.15, 0.2) is 6.79 Å². The summed E-state index contributed by atoms with van der Waals surface area (Å²) in [5.74, 6) is -1.25. The summed E-state index contributed by atoms with van der Waals surface area (Å²) in [7, 11) is -3.88. The van der Waals surface area contributed by atoms with Gasteiger partial charge in [-0.1, -0.05) is 0 Å². The molecular weight excluding hydrogens is 201 g/mol. The highest BCUT2D eigenvalue weighted by atomic mass is 31.2. The molecule has 13 heavy (non-hydrogen) atoms. The molecule has 0 aromatic carbocycles. The second-order valence-corrected chi connectivity index (χ2v) is 4.33. The lowest BCUT2D eigenvalue weighted by atomic mass is 10.2. The fraction of sp³-hybridized carbons (Fsp3) is 0.800. The lowest BCUT2D eigenvalue weighted by molar-refractivity contribution is -0.138. The van der Waals surface area contributed by atoms with Crippen LogP contribution in [-0.2, 0) is 13.9 Å². The van der Waals surface area contributed by atoms with Gasteiger partial charge in [0.1, 0.15) is 6.04 Å². The minimum absolute atomic E-state index is 0.177. The molecule has 0 bridgehead atoms. The molecule has 0 aromatic heterocycles. The van der Waals surface area contributed by atoms with Gasteiger partial charge in [0.05, 0.1) is 6.16 Å². The van der Waals surface area contributed by atoms with Gasteiger partial charge in [0.2, 0.25) is 0 Å². The van der Waals surface area contributed by atoms with Gasteiger partial charge in [0.25, 0.3) is 0 Å². The molecule has 0 saturated carbocycles. The van der Waals surface area contributed by atoms with Crippen molar-refractivity contribution in [1.29, 1.82) is 0 Å². The molecule has 8 heteroatoms. The van der Waals surface area contributed by atoms with E-state index in [0.717, 1.165) is 0 Å². The van der Waals surface area contributed by atoms with Crippen molar-refractivity contribution in [2.75, 3.05) is 13.0 Å². The van der Waals surface area contributed by atoms with E-state index in [4.69, 9.17) is 20.8 Å². The minimum atomic E-state index is -3.88. The number of aliphatic hydroxyl groups excluding tert-OH is 1. The third kappa shape index (κ3) is 5.73. The molecule has 2 atom stereocenters. The monoisotopic (exact) mass is 213 g/mol. The second kappa shape index (κ2) is 5.31. The molecule has 0 aliphatic heterocycles. The highest BCUT2D eigenvalue weighted by molar-refractivity contribution is 7.52. The molecule has 0 rings (SSSR count). The van der Waals surface area contributed by atoms with Crippen molar-refractivity contribution in [3.05, 3.63) is 0 Å². The Morgan fingerprint density at radius 2 is 2.15 bits per heavy atom. The third-order valence-corrected chi connectivity index (χ3v) is 2.64. The van der Waals surface area contributed by atoms with Crippen molar-refractivity contribution >= 4 is 13.6 Å². The molecular formula is C5H12NO6P. The number of carboxylic acid groups (broad SMARTS) is 1. The molecule has 0 heterocycles. The number of carboxylic acids is 1. The Hall–Kier alpha value is -0.460. The molecule has 1 unspecified atom stereocenters. The Morgan fingerprint density at radius 3 is 2.54 bits per heavy atom. The smallest absolute Gasteiger partial charge is 0.330 e. The Labute approximate surface area is 74.7 Å². The van der Waals surface area contributed by atoms with Crippen molar-refractivity contribution in [1.82, 2.24) is 0 Å². The molecule has 0 aromatic rings. The zero-order valence-electron chi connectivity index (χ0n) is 6.79. The van der Waals surface area contributed by atoms with E-state index in [2.05, 4.69) is 4.52 Å². The summed E-state index contributed by atoms with van der Waals surface area (Å²) in [6.45, 7) is -0.879. The molecule has 0 fully saturated rings. The SMILES string of the molecule is N[C@@H](CCP(=O)(O)OCO)C(=O)O. The fourth-order valence-corrected chi connectivity index (χ4v) is 1.49. The molecule has 7 nitrogen and oxygen atoms in total. The van der Waals surface area contributed by atoms with Crippen LogP contribution >= 0.6 is 7.60 Å². The van der Waals surface area contributed by atoms with Gasteiger partial charge >= 0.3 is 13.6 Å². The van der Waals surface area contributed by atoms with Crippen LogP contribution in [0.3, 0.4) is 0 Å². The van der Waals surface area contributed by atoms with Crippen LogP contribution in [0.4, 0.5) is 0 Å². The van der Waals surface area contributed by atoms with Gasteiger partial charge in [-0.05, 0) is 6.42 Å². The van der Waals surface area contributed by atoms with Crippen LogP contribution in [0.5, 0.6) is 0 Å². The summed E-state index contributed by atoms with van der Waals surface area (Å²) in [6.07, 6.45) is -0.565. The first-order valence-electron chi connectivity index (χ1n) is 3.44. The van der Waals surface area contributed by atoms with Gasteiger partial charge in [-0.15, -0.1) is 0 Å². The zero-order valence-corrected chi connectivity index (χ0v) is 7.68. The summed E-state index contributed by atoms with van der Waals surface area (Å²) < 4.78 is 14.9. The number of nitrogens with two attached hydrogens (primary N) is 1. The Bertz CT molecular complexity index is 219. The summed E-state index contributed by atoms with van der Waals surface area (Å²) in [4.78, 5) is 19.1. The summed E-state index contributed by atoms with van der Waals surface area (Å²) in [5, 5.41) is 16.5. The average molecular weight is 213 g/mol. The quantitative estimate of drug-likeness (QED) is 0.326.